The second-order valence-corrected chi connectivity index (χ2v) is 5.65. The van der Waals surface area contributed by atoms with Crippen LogP contribution >= 0.6 is 11.6 Å². The van der Waals surface area contributed by atoms with Crippen molar-refractivity contribution in [3.63, 3.8) is 0 Å². The smallest absolute Gasteiger partial charge is 0.340 e. The second kappa shape index (κ2) is 9.58. The number of rotatable bonds is 7. The molecule has 0 aromatic heterocycles. The van der Waals surface area contributed by atoms with Gasteiger partial charge in [-0.1, -0.05) is 41.9 Å². The van der Waals surface area contributed by atoms with Crippen molar-refractivity contribution in [1.82, 2.24) is 0 Å². The molecule has 26 heavy (non-hydrogen) atoms. The van der Waals surface area contributed by atoms with Gasteiger partial charge in [0.25, 0.3) is 5.91 Å². The van der Waals surface area contributed by atoms with Crippen LogP contribution in [0.25, 0.3) is 0 Å². The molecule has 1 N–H and O–H groups in total. The van der Waals surface area contributed by atoms with E-state index in [1.807, 2.05) is 0 Å². The molecule has 136 valence electrons. The zero-order valence-electron chi connectivity index (χ0n) is 14.2. The highest BCUT2D eigenvalue weighted by Crippen LogP contribution is 2.17. The molecule has 2 aromatic rings. The van der Waals surface area contributed by atoms with Crippen molar-refractivity contribution in [2.24, 2.45) is 0 Å². The molecule has 0 saturated carbocycles. The van der Waals surface area contributed by atoms with Crippen LogP contribution in [0.15, 0.2) is 48.5 Å². The van der Waals surface area contributed by atoms with Crippen LogP contribution in [0, 0.1) is 0 Å². The van der Waals surface area contributed by atoms with Crippen LogP contribution in [0.2, 0.25) is 5.02 Å². The van der Waals surface area contributed by atoms with Gasteiger partial charge >= 0.3 is 11.9 Å². The van der Waals surface area contributed by atoms with Crippen LogP contribution in [-0.2, 0) is 25.5 Å². The number of carbonyl (C=O) groups is 3. The molecule has 0 saturated heterocycles. The fourth-order valence-electron chi connectivity index (χ4n) is 2.16. The zero-order chi connectivity index (χ0) is 18.9. The number of hydrogen-bond acceptors (Lipinski definition) is 5. The van der Waals surface area contributed by atoms with Crippen LogP contribution < -0.4 is 5.32 Å². The quantitative estimate of drug-likeness (QED) is 0.751. The Morgan fingerprint density at radius 1 is 1.00 bits per heavy atom. The fourth-order valence-corrected chi connectivity index (χ4v) is 2.36. The first-order chi connectivity index (χ1) is 12.5. The van der Waals surface area contributed by atoms with E-state index in [9.17, 15) is 14.4 Å². The number of amides is 1. The first-order valence-electron chi connectivity index (χ1n) is 7.96. The maximum absolute atomic E-state index is 12.0. The van der Waals surface area contributed by atoms with E-state index in [1.54, 1.807) is 49.4 Å². The van der Waals surface area contributed by atoms with E-state index >= 15 is 0 Å². The molecule has 0 atom stereocenters. The summed E-state index contributed by atoms with van der Waals surface area (Å²) in [5.41, 5.74) is 1.13. The van der Waals surface area contributed by atoms with Crippen molar-refractivity contribution in [3.05, 3.63) is 64.7 Å². The molecule has 7 heteroatoms. The molecule has 0 radical (unpaired) electrons. The van der Waals surface area contributed by atoms with Crippen molar-refractivity contribution in [2.75, 3.05) is 18.5 Å². The Morgan fingerprint density at radius 3 is 2.42 bits per heavy atom. The standard InChI is InChI=1S/C19H18ClNO5/c1-2-25-19(24)14-8-4-6-10-16(14)21-17(22)12-26-18(23)11-13-7-3-5-9-15(13)20/h3-10H,2,11-12H2,1H3,(H,21,22). The van der Waals surface area contributed by atoms with Gasteiger partial charge in [0, 0.05) is 5.02 Å². The van der Waals surface area contributed by atoms with Crippen LogP contribution in [-0.4, -0.2) is 31.1 Å². The largest absolute Gasteiger partial charge is 0.462 e. The third-order valence-corrected chi connectivity index (χ3v) is 3.72. The lowest BCUT2D eigenvalue weighted by molar-refractivity contribution is -0.146. The molecule has 0 unspecified atom stereocenters. The third kappa shape index (κ3) is 5.60. The van der Waals surface area contributed by atoms with E-state index in [1.165, 1.54) is 6.07 Å². The Labute approximate surface area is 156 Å². The lowest BCUT2D eigenvalue weighted by atomic mass is 10.1. The van der Waals surface area contributed by atoms with Gasteiger partial charge in [0.05, 0.1) is 24.3 Å². The molecule has 0 heterocycles. The summed E-state index contributed by atoms with van der Waals surface area (Å²) in [6.45, 7) is 1.44. The highest BCUT2D eigenvalue weighted by molar-refractivity contribution is 6.31. The van der Waals surface area contributed by atoms with E-state index in [2.05, 4.69) is 5.32 Å². The van der Waals surface area contributed by atoms with Gasteiger partial charge in [-0.15, -0.1) is 0 Å². The second-order valence-electron chi connectivity index (χ2n) is 5.24. The normalized spacial score (nSPS) is 10.1. The summed E-state index contributed by atoms with van der Waals surface area (Å²) >= 11 is 5.98. The summed E-state index contributed by atoms with van der Waals surface area (Å²) in [4.78, 5) is 35.7. The predicted molar refractivity (Wildman–Crippen MR) is 97.1 cm³/mol. The molecule has 2 rings (SSSR count). The molecular weight excluding hydrogens is 358 g/mol. The van der Waals surface area contributed by atoms with E-state index in [-0.39, 0.29) is 24.3 Å². The van der Waals surface area contributed by atoms with Crippen molar-refractivity contribution in [3.8, 4) is 0 Å². The molecular formula is C19H18ClNO5. The average molecular weight is 376 g/mol. The predicted octanol–water partition coefficient (Wildman–Crippen LogP) is 3.24. The highest BCUT2D eigenvalue weighted by Gasteiger charge is 2.15. The lowest BCUT2D eigenvalue weighted by Gasteiger charge is -2.10. The Kier molecular flexibility index (Phi) is 7.17. The van der Waals surface area contributed by atoms with Gasteiger partial charge in [-0.05, 0) is 30.7 Å². The minimum atomic E-state index is -0.577. The Balaban J connectivity index is 1.90. The zero-order valence-corrected chi connectivity index (χ0v) is 14.9. The summed E-state index contributed by atoms with van der Waals surface area (Å²) in [7, 11) is 0. The number of esters is 2. The summed E-state index contributed by atoms with van der Waals surface area (Å²) in [6.07, 6.45) is -0.0354. The molecule has 6 nitrogen and oxygen atoms in total. The number of carbonyl (C=O) groups excluding carboxylic acids is 3. The van der Waals surface area contributed by atoms with Gasteiger partial charge in [-0.3, -0.25) is 9.59 Å². The maximum Gasteiger partial charge on any atom is 0.340 e. The SMILES string of the molecule is CCOC(=O)c1ccccc1NC(=O)COC(=O)Cc1ccccc1Cl. The first-order valence-corrected chi connectivity index (χ1v) is 8.34. The Bertz CT molecular complexity index is 806. The van der Waals surface area contributed by atoms with E-state index in [4.69, 9.17) is 21.1 Å². The van der Waals surface area contributed by atoms with Gasteiger partial charge < -0.3 is 14.8 Å². The van der Waals surface area contributed by atoms with Crippen molar-refractivity contribution in [2.45, 2.75) is 13.3 Å². The number of anilines is 1. The Morgan fingerprint density at radius 2 is 1.69 bits per heavy atom. The summed E-state index contributed by atoms with van der Waals surface area (Å²) in [5, 5.41) is 2.99. The number of benzene rings is 2. The lowest BCUT2D eigenvalue weighted by Crippen LogP contribution is -2.23. The molecule has 0 aliphatic carbocycles. The van der Waals surface area contributed by atoms with Crippen molar-refractivity contribution in [1.29, 1.82) is 0 Å². The third-order valence-electron chi connectivity index (χ3n) is 3.35. The molecule has 2 aromatic carbocycles. The van der Waals surface area contributed by atoms with E-state index in [0.29, 0.717) is 10.6 Å². The molecule has 1 amide bonds. The van der Waals surface area contributed by atoms with Crippen LogP contribution in [0.1, 0.15) is 22.8 Å². The molecule has 0 aliphatic heterocycles. The number of hydrogen-bond donors (Lipinski definition) is 1. The summed E-state index contributed by atoms with van der Waals surface area (Å²) in [6, 6.07) is 13.3. The topological polar surface area (TPSA) is 81.7 Å². The molecule has 0 fully saturated rings. The number of nitrogens with one attached hydrogen (secondary N) is 1. The van der Waals surface area contributed by atoms with Crippen molar-refractivity contribution >= 4 is 35.1 Å². The maximum atomic E-state index is 12.0. The molecule has 0 bridgehead atoms. The van der Waals surface area contributed by atoms with Gasteiger partial charge in [-0.25, -0.2) is 4.79 Å². The number of halogens is 1. The van der Waals surface area contributed by atoms with Crippen molar-refractivity contribution < 1.29 is 23.9 Å². The monoisotopic (exact) mass is 375 g/mol. The van der Waals surface area contributed by atoms with Gasteiger partial charge in [0.15, 0.2) is 6.61 Å². The van der Waals surface area contributed by atoms with Crippen LogP contribution in [0.5, 0.6) is 0 Å². The number of para-hydroxylation sites is 1. The average Bonchev–Trinajstić information content (AvgIpc) is 2.62. The minimum absolute atomic E-state index is 0.0354. The van der Waals surface area contributed by atoms with Gasteiger partial charge in [0.2, 0.25) is 0 Å². The van der Waals surface area contributed by atoms with Crippen LogP contribution in [0.4, 0.5) is 5.69 Å². The first kappa shape index (κ1) is 19.5. The highest BCUT2D eigenvalue weighted by atomic mass is 35.5. The Hall–Kier alpha value is -2.86. The van der Waals surface area contributed by atoms with Gasteiger partial charge in [-0.2, -0.15) is 0 Å². The van der Waals surface area contributed by atoms with E-state index < -0.39 is 24.5 Å². The molecule has 0 spiro atoms. The summed E-state index contributed by atoms with van der Waals surface area (Å²) < 4.78 is 9.89. The molecule has 0 aliphatic rings. The fraction of sp³-hybridized carbons (Fsp3) is 0.211. The van der Waals surface area contributed by atoms with Gasteiger partial charge in [0.1, 0.15) is 0 Å². The van der Waals surface area contributed by atoms with E-state index in [0.717, 1.165) is 0 Å². The van der Waals surface area contributed by atoms with Crippen LogP contribution in [0.3, 0.4) is 0 Å². The number of ether oxygens (including phenoxy) is 2. The summed E-state index contributed by atoms with van der Waals surface area (Å²) in [5.74, 6) is -1.68. The minimum Gasteiger partial charge on any atom is -0.462 e.